The molecule has 0 saturated heterocycles. The summed E-state index contributed by atoms with van der Waals surface area (Å²) in [6.07, 6.45) is 1.43. The molecule has 40 heavy (non-hydrogen) atoms. The molecule has 11 heteroatoms. The van der Waals surface area contributed by atoms with E-state index in [9.17, 15) is 9.59 Å². The minimum atomic E-state index is -0.534. The van der Waals surface area contributed by atoms with Crippen LogP contribution in [0.25, 0.3) is 33.5 Å². The molecular formula is C29H24BrN3O7. The van der Waals surface area contributed by atoms with Crippen molar-refractivity contribution < 1.29 is 28.2 Å². The Morgan fingerprint density at radius 1 is 1.05 bits per heavy atom. The summed E-state index contributed by atoms with van der Waals surface area (Å²) in [6, 6.07) is 17.6. The summed E-state index contributed by atoms with van der Waals surface area (Å²) >= 11 is 3.45. The highest BCUT2D eigenvalue weighted by atomic mass is 79.9. The molecule has 0 fully saturated rings. The largest absolute Gasteiger partial charge is 0.496 e. The zero-order valence-corrected chi connectivity index (χ0v) is 23.4. The lowest BCUT2D eigenvalue weighted by molar-refractivity contribution is -0.145. The van der Waals surface area contributed by atoms with Crippen molar-refractivity contribution in [2.24, 2.45) is 5.10 Å². The third-order valence-electron chi connectivity index (χ3n) is 5.94. The number of para-hydroxylation sites is 1. The molecule has 0 spiro atoms. The van der Waals surface area contributed by atoms with Gasteiger partial charge in [0.15, 0.2) is 23.9 Å². The summed E-state index contributed by atoms with van der Waals surface area (Å²) in [4.78, 5) is 30.3. The summed E-state index contributed by atoms with van der Waals surface area (Å²) in [5.74, 6) is 1.20. The van der Waals surface area contributed by atoms with Gasteiger partial charge in [0.2, 0.25) is 5.82 Å². The first-order valence-corrected chi connectivity index (χ1v) is 13.0. The molecule has 0 saturated carbocycles. The molecule has 2 heterocycles. The fourth-order valence-electron chi connectivity index (χ4n) is 4.16. The quantitative estimate of drug-likeness (QED) is 0.162. The van der Waals surface area contributed by atoms with E-state index in [-0.39, 0.29) is 24.8 Å². The monoisotopic (exact) mass is 605 g/mol. The van der Waals surface area contributed by atoms with E-state index in [4.69, 9.17) is 28.3 Å². The highest BCUT2D eigenvalue weighted by Crippen LogP contribution is 2.35. The minimum absolute atomic E-state index is 0.189. The smallest absolute Gasteiger partial charge is 0.344 e. The van der Waals surface area contributed by atoms with E-state index < -0.39 is 11.5 Å². The first-order valence-electron chi connectivity index (χ1n) is 12.2. The van der Waals surface area contributed by atoms with Crippen molar-refractivity contribution in [1.29, 1.82) is 0 Å². The Hall–Kier alpha value is -4.64. The summed E-state index contributed by atoms with van der Waals surface area (Å²) < 4.78 is 29.6. The number of hydrogen-bond acceptors (Lipinski definition) is 9. The molecular weight excluding hydrogens is 582 g/mol. The van der Waals surface area contributed by atoms with Crippen molar-refractivity contribution in [3.8, 4) is 28.8 Å². The van der Waals surface area contributed by atoms with Crippen LogP contribution in [0, 0.1) is 0 Å². The number of benzene rings is 3. The number of aromatic nitrogens is 2. The van der Waals surface area contributed by atoms with Crippen LogP contribution in [0.2, 0.25) is 0 Å². The molecule has 5 aromatic rings. The van der Waals surface area contributed by atoms with E-state index in [1.54, 1.807) is 62.6 Å². The SMILES string of the molecule is CCOC(=O)COc1c(C=Nn2c(-c3cc4c(OC)cccc4o3)nc3ccccc3c2=O)cc(Br)cc1OC. The maximum atomic E-state index is 13.7. The molecule has 0 bridgehead atoms. The van der Waals surface area contributed by atoms with Gasteiger partial charge < -0.3 is 23.4 Å². The Balaban J connectivity index is 1.67. The fraction of sp³-hybridized carbons (Fsp3) is 0.172. The van der Waals surface area contributed by atoms with Gasteiger partial charge in [-0.3, -0.25) is 4.79 Å². The van der Waals surface area contributed by atoms with E-state index in [1.165, 1.54) is 13.3 Å². The predicted octanol–water partition coefficient (Wildman–Crippen LogP) is 5.41. The number of hydrogen-bond donors (Lipinski definition) is 0. The Labute approximate surface area is 236 Å². The van der Waals surface area contributed by atoms with Crippen LogP contribution in [0.4, 0.5) is 0 Å². The number of ether oxygens (including phenoxy) is 4. The van der Waals surface area contributed by atoms with Crippen LogP contribution in [0.3, 0.4) is 0 Å². The highest BCUT2D eigenvalue weighted by molar-refractivity contribution is 9.10. The van der Waals surface area contributed by atoms with Crippen LogP contribution in [0.15, 0.2) is 79.4 Å². The van der Waals surface area contributed by atoms with E-state index in [0.717, 1.165) is 10.1 Å². The first kappa shape index (κ1) is 26.9. The number of furan rings is 1. The van der Waals surface area contributed by atoms with Crippen LogP contribution < -0.4 is 19.8 Å². The summed E-state index contributed by atoms with van der Waals surface area (Å²) in [5, 5.41) is 5.61. The topological polar surface area (TPSA) is 114 Å². The molecule has 10 nitrogen and oxygen atoms in total. The molecule has 5 rings (SSSR count). The average molecular weight is 606 g/mol. The molecule has 3 aromatic carbocycles. The summed E-state index contributed by atoms with van der Waals surface area (Å²) in [5.41, 5.74) is 1.09. The molecule has 0 aliphatic rings. The number of nitrogens with zero attached hydrogens (tertiary/aromatic N) is 3. The minimum Gasteiger partial charge on any atom is -0.496 e. The summed E-state index contributed by atoms with van der Waals surface area (Å²) in [6.45, 7) is 1.60. The number of rotatable bonds is 9. The number of carbonyl (C=O) groups excluding carboxylic acids is 1. The second-order valence-electron chi connectivity index (χ2n) is 8.42. The van der Waals surface area contributed by atoms with Crippen molar-refractivity contribution >= 4 is 50.0 Å². The third kappa shape index (κ3) is 5.28. The molecule has 0 N–H and O–H groups in total. The number of carbonyl (C=O) groups is 1. The van der Waals surface area contributed by atoms with E-state index in [1.807, 2.05) is 12.1 Å². The lowest BCUT2D eigenvalue weighted by Crippen LogP contribution is -2.20. The van der Waals surface area contributed by atoms with Crippen LogP contribution >= 0.6 is 15.9 Å². The molecule has 2 aromatic heterocycles. The van der Waals surface area contributed by atoms with E-state index in [0.29, 0.717) is 43.8 Å². The maximum Gasteiger partial charge on any atom is 0.344 e. The Bertz CT molecular complexity index is 1810. The van der Waals surface area contributed by atoms with Gasteiger partial charge in [0.05, 0.1) is 43.3 Å². The Morgan fingerprint density at radius 2 is 1.85 bits per heavy atom. The van der Waals surface area contributed by atoms with Crippen LogP contribution in [-0.4, -0.2) is 49.3 Å². The second kappa shape index (κ2) is 11.6. The van der Waals surface area contributed by atoms with Crippen molar-refractivity contribution in [3.63, 3.8) is 0 Å². The van der Waals surface area contributed by atoms with Crippen LogP contribution in [-0.2, 0) is 9.53 Å². The van der Waals surface area contributed by atoms with Crippen molar-refractivity contribution in [1.82, 2.24) is 9.66 Å². The van der Waals surface area contributed by atoms with Crippen LogP contribution in [0.5, 0.6) is 17.2 Å². The van der Waals surface area contributed by atoms with Gasteiger partial charge in [0.25, 0.3) is 5.56 Å². The second-order valence-corrected chi connectivity index (χ2v) is 9.33. The van der Waals surface area contributed by atoms with Crippen molar-refractivity contribution in [3.05, 3.63) is 81.1 Å². The van der Waals surface area contributed by atoms with Crippen molar-refractivity contribution in [2.75, 3.05) is 27.4 Å². The lowest BCUT2D eigenvalue weighted by atomic mass is 10.2. The summed E-state index contributed by atoms with van der Waals surface area (Å²) in [7, 11) is 3.05. The molecule has 204 valence electrons. The lowest BCUT2D eigenvalue weighted by Gasteiger charge is -2.14. The molecule has 0 amide bonds. The normalized spacial score (nSPS) is 11.3. The Morgan fingerprint density at radius 3 is 2.62 bits per heavy atom. The number of fused-ring (bicyclic) bond motifs is 2. The zero-order valence-electron chi connectivity index (χ0n) is 21.8. The Kier molecular flexibility index (Phi) is 7.83. The average Bonchev–Trinajstić information content (AvgIpc) is 3.40. The molecule has 0 atom stereocenters. The standard InChI is InChI=1S/C29H24BrN3O7/c1-4-38-26(34)16-39-27-17(12-18(30)13-24(27)37-3)15-31-33-28(32-21-9-6-5-8-19(21)29(33)35)25-14-20-22(36-2)10-7-11-23(20)40-25/h5-15H,4,16H2,1-3H3. The maximum absolute atomic E-state index is 13.7. The predicted molar refractivity (Wildman–Crippen MR) is 154 cm³/mol. The van der Waals surface area contributed by atoms with Gasteiger partial charge >= 0.3 is 5.97 Å². The van der Waals surface area contributed by atoms with E-state index in [2.05, 4.69) is 21.0 Å². The molecule has 0 aliphatic heterocycles. The highest BCUT2D eigenvalue weighted by Gasteiger charge is 2.19. The van der Waals surface area contributed by atoms with E-state index >= 15 is 0 Å². The van der Waals surface area contributed by atoms with Gasteiger partial charge in [-0.15, -0.1) is 0 Å². The van der Waals surface area contributed by atoms with Gasteiger partial charge in [-0.1, -0.05) is 34.1 Å². The molecule has 0 unspecified atom stereocenters. The number of methoxy groups -OCH3 is 2. The first-order chi connectivity index (χ1) is 19.4. The third-order valence-corrected chi connectivity index (χ3v) is 6.39. The fourth-order valence-corrected chi connectivity index (χ4v) is 4.61. The number of halogens is 1. The molecule has 0 aliphatic carbocycles. The molecule has 0 radical (unpaired) electrons. The van der Waals surface area contributed by atoms with Crippen LogP contribution in [0.1, 0.15) is 12.5 Å². The van der Waals surface area contributed by atoms with Gasteiger partial charge in [-0.05, 0) is 49.4 Å². The van der Waals surface area contributed by atoms with Gasteiger partial charge in [-0.25, -0.2) is 9.78 Å². The van der Waals surface area contributed by atoms with Gasteiger partial charge in [-0.2, -0.15) is 9.78 Å². The van der Waals surface area contributed by atoms with Crippen molar-refractivity contribution in [2.45, 2.75) is 6.92 Å². The van der Waals surface area contributed by atoms with Gasteiger partial charge in [0.1, 0.15) is 11.3 Å². The van der Waals surface area contributed by atoms with Gasteiger partial charge in [0, 0.05) is 10.0 Å². The zero-order chi connectivity index (χ0) is 28.2. The number of esters is 1.